The van der Waals surface area contributed by atoms with Crippen LogP contribution in [0.4, 0.5) is 0 Å². The Morgan fingerprint density at radius 1 is 1.82 bits per heavy atom. The number of aromatic nitrogens is 3. The lowest BCUT2D eigenvalue weighted by Crippen LogP contribution is -2.23. The number of aromatic amines is 1. The van der Waals surface area contributed by atoms with Gasteiger partial charge in [-0.15, -0.1) is 0 Å². The van der Waals surface area contributed by atoms with Gasteiger partial charge in [-0.05, 0) is 6.42 Å². The lowest BCUT2D eigenvalue weighted by molar-refractivity contribution is 0.184. The zero-order valence-electron chi connectivity index (χ0n) is 5.99. The van der Waals surface area contributed by atoms with Crippen LogP contribution in [-0.4, -0.2) is 28.0 Å². The van der Waals surface area contributed by atoms with Gasteiger partial charge in [0, 0.05) is 6.61 Å². The third-order valence-corrected chi connectivity index (χ3v) is 1.83. The summed E-state index contributed by atoms with van der Waals surface area (Å²) in [5.74, 6) is 0. The molecule has 0 saturated carbocycles. The number of nitrogens with one attached hydrogen (secondary N) is 1. The molecule has 0 aromatic carbocycles. The summed E-state index contributed by atoms with van der Waals surface area (Å²) in [5, 5.41) is 3.87. The molecule has 0 bridgehead atoms. The highest BCUT2D eigenvalue weighted by Crippen LogP contribution is 2.14. The molecule has 1 fully saturated rings. The second-order valence-corrected chi connectivity index (χ2v) is 2.56. The van der Waals surface area contributed by atoms with Gasteiger partial charge in [0.15, 0.2) is 0 Å². The average molecular weight is 155 g/mol. The Bertz CT molecular complexity index is 284. The highest BCUT2D eigenvalue weighted by atomic mass is 16.5. The van der Waals surface area contributed by atoms with Crippen LogP contribution in [-0.2, 0) is 4.74 Å². The third-order valence-electron chi connectivity index (χ3n) is 1.83. The van der Waals surface area contributed by atoms with Gasteiger partial charge in [-0.25, -0.2) is 9.48 Å². The van der Waals surface area contributed by atoms with Crippen molar-refractivity contribution < 1.29 is 4.74 Å². The fourth-order valence-corrected chi connectivity index (χ4v) is 1.24. The van der Waals surface area contributed by atoms with Gasteiger partial charge in [0.05, 0.1) is 12.6 Å². The van der Waals surface area contributed by atoms with Crippen LogP contribution in [0.25, 0.3) is 0 Å². The van der Waals surface area contributed by atoms with Crippen molar-refractivity contribution in [2.24, 2.45) is 0 Å². The fourth-order valence-electron chi connectivity index (χ4n) is 1.24. The van der Waals surface area contributed by atoms with Gasteiger partial charge in [-0.1, -0.05) is 0 Å². The Morgan fingerprint density at radius 3 is 3.27 bits per heavy atom. The molecule has 2 heterocycles. The summed E-state index contributed by atoms with van der Waals surface area (Å²) < 4.78 is 6.56. The standard InChI is InChI=1S/C6H9N3O2/c10-6-7-4-8-9(6)5-1-2-11-3-5/h4-5H,1-3H2,(H,7,8,10). The Hall–Kier alpha value is -1.10. The zero-order valence-corrected chi connectivity index (χ0v) is 5.99. The van der Waals surface area contributed by atoms with E-state index in [1.165, 1.54) is 11.0 Å². The molecule has 1 aromatic heterocycles. The number of hydrogen-bond acceptors (Lipinski definition) is 3. The predicted octanol–water partition coefficient (Wildman–Crippen LogP) is -0.467. The second-order valence-electron chi connectivity index (χ2n) is 2.56. The molecule has 5 heteroatoms. The molecule has 1 aliphatic rings. The van der Waals surface area contributed by atoms with Crippen molar-refractivity contribution in [2.75, 3.05) is 13.2 Å². The second kappa shape index (κ2) is 2.50. The molecule has 0 radical (unpaired) electrons. The summed E-state index contributed by atoms with van der Waals surface area (Å²) in [6.07, 6.45) is 2.28. The molecule has 1 N–H and O–H groups in total. The summed E-state index contributed by atoms with van der Waals surface area (Å²) in [6, 6.07) is 0.133. The minimum Gasteiger partial charge on any atom is -0.379 e. The van der Waals surface area contributed by atoms with Crippen LogP contribution in [0.1, 0.15) is 12.5 Å². The molecule has 60 valence electrons. The first kappa shape index (κ1) is 6.60. The molecule has 2 rings (SSSR count). The van der Waals surface area contributed by atoms with Crippen molar-refractivity contribution in [3.8, 4) is 0 Å². The molecule has 0 spiro atoms. The van der Waals surface area contributed by atoms with Crippen LogP contribution in [0.5, 0.6) is 0 Å². The highest BCUT2D eigenvalue weighted by Gasteiger charge is 2.19. The molecule has 1 atom stereocenters. The van der Waals surface area contributed by atoms with Crippen LogP contribution < -0.4 is 5.69 Å². The molecular weight excluding hydrogens is 146 g/mol. The normalized spacial score (nSPS) is 24.2. The number of nitrogens with zero attached hydrogens (tertiary/aromatic N) is 2. The van der Waals surface area contributed by atoms with E-state index in [9.17, 15) is 4.79 Å². The first-order valence-electron chi connectivity index (χ1n) is 3.58. The van der Waals surface area contributed by atoms with Gasteiger partial charge in [-0.3, -0.25) is 4.98 Å². The molecule has 0 aliphatic carbocycles. The number of hydrogen-bond donors (Lipinski definition) is 1. The molecule has 1 saturated heterocycles. The highest BCUT2D eigenvalue weighted by molar-refractivity contribution is 4.72. The van der Waals surface area contributed by atoms with E-state index in [0.717, 1.165) is 13.0 Å². The maximum Gasteiger partial charge on any atom is 0.343 e. The topological polar surface area (TPSA) is 59.9 Å². The summed E-state index contributed by atoms with van der Waals surface area (Å²) >= 11 is 0. The van der Waals surface area contributed by atoms with Gasteiger partial charge in [0.2, 0.25) is 0 Å². The number of H-pyrrole nitrogens is 1. The first-order chi connectivity index (χ1) is 5.38. The lowest BCUT2D eigenvalue weighted by Gasteiger charge is -2.03. The summed E-state index contributed by atoms with van der Waals surface area (Å²) in [7, 11) is 0. The molecule has 0 amide bonds. The van der Waals surface area contributed by atoms with Crippen molar-refractivity contribution >= 4 is 0 Å². The van der Waals surface area contributed by atoms with E-state index in [0.29, 0.717) is 6.61 Å². The number of rotatable bonds is 1. The lowest BCUT2D eigenvalue weighted by atomic mass is 10.3. The van der Waals surface area contributed by atoms with E-state index in [4.69, 9.17) is 4.74 Å². The van der Waals surface area contributed by atoms with Crippen molar-refractivity contribution in [3.05, 3.63) is 16.8 Å². The molecule has 5 nitrogen and oxygen atoms in total. The van der Waals surface area contributed by atoms with Gasteiger partial charge >= 0.3 is 5.69 Å². The van der Waals surface area contributed by atoms with Crippen molar-refractivity contribution in [3.63, 3.8) is 0 Å². The van der Waals surface area contributed by atoms with Crippen LogP contribution >= 0.6 is 0 Å². The van der Waals surface area contributed by atoms with Crippen molar-refractivity contribution in [1.29, 1.82) is 0 Å². The van der Waals surface area contributed by atoms with E-state index in [-0.39, 0.29) is 11.7 Å². The zero-order chi connectivity index (χ0) is 7.68. The van der Waals surface area contributed by atoms with E-state index >= 15 is 0 Å². The van der Waals surface area contributed by atoms with Gasteiger partial charge in [-0.2, -0.15) is 5.10 Å². The Labute approximate surface area is 63.0 Å². The Balaban J connectivity index is 2.28. The van der Waals surface area contributed by atoms with Crippen LogP contribution in [0, 0.1) is 0 Å². The summed E-state index contributed by atoms with van der Waals surface area (Å²) in [6.45, 7) is 1.33. The van der Waals surface area contributed by atoms with Gasteiger partial charge in [0.1, 0.15) is 6.33 Å². The third kappa shape index (κ3) is 1.07. The van der Waals surface area contributed by atoms with Crippen molar-refractivity contribution in [1.82, 2.24) is 14.8 Å². The molecule has 1 unspecified atom stereocenters. The molecule has 1 aromatic rings. The minimum absolute atomic E-state index is 0.133. The quantitative estimate of drug-likeness (QED) is 0.596. The molecular formula is C6H9N3O2. The first-order valence-corrected chi connectivity index (χ1v) is 3.58. The van der Waals surface area contributed by atoms with Crippen LogP contribution in [0.2, 0.25) is 0 Å². The minimum atomic E-state index is -0.152. The van der Waals surface area contributed by atoms with E-state index in [1.807, 2.05) is 0 Å². The van der Waals surface area contributed by atoms with E-state index < -0.39 is 0 Å². The maximum atomic E-state index is 11.0. The average Bonchev–Trinajstić information content (AvgIpc) is 2.55. The molecule has 11 heavy (non-hydrogen) atoms. The smallest absolute Gasteiger partial charge is 0.343 e. The monoisotopic (exact) mass is 155 g/mol. The Morgan fingerprint density at radius 2 is 2.73 bits per heavy atom. The van der Waals surface area contributed by atoms with Crippen LogP contribution in [0.3, 0.4) is 0 Å². The van der Waals surface area contributed by atoms with Gasteiger partial charge in [0.25, 0.3) is 0 Å². The summed E-state index contributed by atoms with van der Waals surface area (Å²) in [5.41, 5.74) is -0.152. The predicted molar refractivity (Wildman–Crippen MR) is 37.3 cm³/mol. The molecule has 1 aliphatic heterocycles. The van der Waals surface area contributed by atoms with Crippen LogP contribution in [0.15, 0.2) is 11.1 Å². The maximum absolute atomic E-state index is 11.0. The number of ether oxygens (including phenoxy) is 1. The Kier molecular flexibility index (Phi) is 1.50. The fraction of sp³-hybridized carbons (Fsp3) is 0.667. The largest absolute Gasteiger partial charge is 0.379 e. The SMILES string of the molecule is O=c1[nH]cnn1C1CCOC1. The van der Waals surface area contributed by atoms with Gasteiger partial charge < -0.3 is 4.74 Å². The van der Waals surface area contributed by atoms with E-state index in [1.54, 1.807) is 0 Å². The van der Waals surface area contributed by atoms with Crippen molar-refractivity contribution in [2.45, 2.75) is 12.5 Å². The summed E-state index contributed by atoms with van der Waals surface area (Å²) in [4.78, 5) is 13.5. The van der Waals surface area contributed by atoms with E-state index in [2.05, 4.69) is 10.1 Å².